The minimum absolute atomic E-state index is 0.0107. The molecule has 3 N–H and O–H groups in total. The number of nitrogens with one attached hydrogen (secondary N) is 2. The van der Waals surface area contributed by atoms with Crippen LogP contribution >= 0.6 is 0 Å². The van der Waals surface area contributed by atoms with E-state index in [1.807, 2.05) is 42.6 Å². The Labute approximate surface area is 163 Å². The fourth-order valence-electron chi connectivity index (χ4n) is 4.13. The highest BCUT2D eigenvalue weighted by molar-refractivity contribution is 5.86. The Morgan fingerprint density at radius 3 is 2.46 bits per heavy atom. The van der Waals surface area contributed by atoms with Crippen LogP contribution in [0.3, 0.4) is 0 Å². The average Bonchev–Trinajstić information content (AvgIpc) is 3.09. The third-order valence-corrected chi connectivity index (χ3v) is 5.97. The lowest BCUT2D eigenvalue weighted by Gasteiger charge is -2.37. The second-order valence-corrected chi connectivity index (χ2v) is 7.67. The smallest absolute Gasteiger partial charge is 0.310 e. The number of hydrogen-bond donors (Lipinski definition) is 3. The molecule has 1 amide bonds. The van der Waals surface area contributed by atoms with E-state index in [0.29, 0.717) is 19.4 Å². The van der Waals surface area contributed by atoms with E-state index in [2.05, 4.69) is 28.5 Å². The maximum Gasteiger partial charge on any atom is 0.310 e. The van der Waals surface area contributed by atoms with Gasteiger partial charge in [0, 0.05) is 36.0 Å². The monoisotopic (exact) mass is 376 g/mol. The van der Waals surface area contributed by atoms with Gasteiger partial charge in [-0.05, 0) is 30.0 Å². The van der Waals surface area contributed by atoms with Crippen LogP contribution in [0.2, 0.25) is 0 Å². The number of aliphatic carboxylic acids is 1. The first-order valence-corrected chi connectivity index (χ1v) is 9.70. The normalized spacial score (nSPS) is 16.3. The summed E-state index contributed by atoms with van der Waals surface area (Å²) in [6, 6.07) is 18.2. The lowest BCUT2D eigenvalue weighted by Crippen LogP contribution is -2.43. The predicted octanol–water partition coefficient (Wildman–Crippen LogP) is 4.06. The maximum atomic E-state index is 12.5. The van der Waals surface area contributed by atoms with Crippen molar-refractivity contribution in [3.8, 4) is 0 Å². The first-order valence-electron chi connectivity index (χ1n) is 9.70. The highest BCUT2D eigenvalue weighted by atomic mass is 16.4. The molecule has 3 aromatic rings. The Kier molecular flexibility index (Phi) is 4.90. The van der Waals surface area contributed by atoms with Crippen molar-refractivity contribution < 1.29 is 14.7 Å². The van der Waals surface area contributed by atoms with Crippen LogP contribution in [-0.2, 0) is 9.59 Å². The molecule has 1 atom stereocenters. The summed E-state index contributed by atoms with van der Waals surface area (Å²) in [6.45, 7) is 0.431. The van der Waals surface area contributed by atoms with Crippen LogP contribution in [0.5, 0.6) is 0 Å². The number of carboxylic acids is 1. The van der Waals surface area contributed by atoms with Gasteiger partial charge in [-0.15, -0.1) is 0 Å². The van der Waals surface area contributed by atoms with Crippen LogP contribution < -0.4 is 5.32 Å². The number of para-hydroxylation sites is 1. The van der Waals surface area contributed by atoms with Gasteiger partial charge in [0.05, 0.1) is 5.41 Å². The van der Waals surface area contributed by atoms with E-state index in [4.69, 9.17) is 0 Å². The molecule has 0 spiro atoms. The molecule has 1 aromatic heterocycles. The molecule has 1 aliphatic carbocycles. The second-order valence-electron chi connectivity index (χ2n) is 7.67. The van der Waals surface area contributed by atoms with E-state index in [1.165, 1.54) is 0 Å². The number of aromatic amines is 1. The highest BCUT2D eigenvalue weighted by Crippen LogP contribution is 2.44. The Morgan fingerprint density at radius 1 is 1.07 bits per heavy atom. The molecule has 0 bridgehead atoms. The molecular weight excluding hydrogens is 352 g/mol. The number of rotatable bonds is 7. The molecule has 1 fully saturated rings. The molecule has 4 rings (SSSR count). The molecule has 28 heavy (non-hydrogen) atoms. The van der Waals surface area contributed by atoms with Gasteiger partial charge in [-0.1, -0.05) is 55.0 Å². The Bertz CT molecular complexity index is 989. The molecule has 1 heterocycles. The summed E-state index contributed by atoms with van der Waals surface area (Å²) >= 11 is 0. The fraction of sp³-hybridized carbons (Fsp3) is 0.304. The minimum atomic E-state index is -0.868. The van der Waals surface area contributed by atoms with Crippen LogP contribution in [0.15, 0.2) is 60.8 Å². The van der Waals surface area contributed by atoms with E-state index in [-0.39, 0.29) is 18.2 Å². The number of benzene rings is 2. The van der Waals surface area contributed by atoms with Gasteiger partial charge in [-0.3, -0.25) is 9.59 Å². The number of carbonyl (C=O) groups is 2. The summed E-state index contributed by atoms with van der Waals surface area (Å²) < 4.78 is 0. The van der Waals surface area contributed by atoms with Gasteiger partial charge in [0.1, 0.15) is 0 Å². The topological polar surface area (TPSA) is 82.2 Å². The molecule has 0 aliphatic heterocycles. The Hall–Kier alpha value is -3.08. The number of carbonyl (C=O) groups excluding carboxylic acids is 1. The molecule has 0 saturated heterocycles. The van der Waals surface area contributed by atoms with Crippen molar-refractivity contribution in [1.82, 2.24) is 10.3 Å². The molecule has 0 radical (unpaired) electrons. The van der Waals surface area contributed by atoms with Gasteiger partial charge >= 0.3 is 5.97 Å². The second kappa shape index (κ2) is 7.50. The van der Waals surface area contributed by atoms with Crippen LogP contribution in [-0.4, -0.2) is 28.5 Å². The zero-order valence-electron chi connectivity index (χ0n) is 15.7. The number of amides is 1. The first-order chi connectivity index (χ1) is 13.6. The molecule has 5 heteroatoms. The van der Waals surface area contributed by atoms with Gasteiger partial charge in [-0.25, -0.2) is 0 Å². The molecule has 2 aromatic carbocycles. The minimum Gasteiger partial charge on any atom is -0.481 e. The largest absolute Gasteiger partial charge is 0.481 e. The summed E-state index contributed by atoms with van der Waals surface area (Å²) in [6.07, 6.45) is 4.10. The van der Waals surface area contributed by atoms with Crippen molar-refractivity contribution >= 4 is 22.8 Å². The molecular formula is C23H24N2O3. The quantitative estimate of drug-likeness (QED) is 0.581. The summed E-state index contributed by atoms with van der Waals surface area (Å²) in [5, 5.41) is 13.6. The van der Waals surface area contributed by atoms with Crippen LogP contribution in [0.4, 0.5) is 0 Å². The molecule has 1 aliphatic rings. The van der Waals surface area contributed by atoms with Gasteiger partial charge in [0.15, 0.2) is 0 Å². The van der Waals surface area contributed by atoms with Crippen LogP contribution in [0, 0.1) is 5.41 Å². The van der Waals surface area contributed by atoms with Crippen molar-refractivity contribution in [2.45, 2.75) is 31.6 Å². The van der Waals surface area contributed by atoms with E-state index in [9.17, 15) is 14.7 Å². The van der Waals surface area contributed by atoms with E-state index < -0.39 is 11.4 Å². The van der Waals surface area contributed by atoms with E-state index >= 15 is 0 Å². The van der Waals surface area contributed by atoms with Gasteiger partial charge < -0.3 is 15.4 Å². The van der Waals surface area contributed by atoms with Crippen molar-refractivity contribution in [3.05, 3.63) is 71.9 Å². The fourth-order valence-corrected chi connectivity index (χ4v) is 4.13. The highest BCUT2D eigenvalue weighted by Gasteiger charge is 2.45. The zero-order chi connectivity index (χ0) is 19.6. The lowest BCUT2D eigenvalue weighted by atomic mass is 9.66. The van der Waals surface area contributed by atoms with Crippen molar-refractivity contribution in [2.75, 3.05) is 6.54 Å². The van der Waals surface area contributed by atoms with E-state index in [1.54, 1.807) is 0 Å². The van der Waals surface area contributed by atoms with Gasteiger partial charge in [0.25, 0.3) is 0 Å². The number of hydrogen-bond acceptors (Lipinski definition) is 2. The average molecular weight is 376 g/mol. The Morgan fingerprint density at radius 2 is 1.79 bits per heavy atom. The van der Waals surface area contributed by atoms with Crippen molar-refractivity contribution in [1.29, 1.82) is 0 Å². The van der Waals surface area contributed by atoms with Crippen molar-refractivity contribution in [2.24, 2.45) is 5.41 Å². The summed E-state index contributed by atoms with van der Waals surface area (Å²) in [7, 11) is 0. The van der Waals surface area contributed by atoms with E-state index in [0.717, 1.165) is 28.5 Å². The number of aromatic nitrogens is 1. The van der Waals surface area contributed by atoms with Gasteiger partial charge in [0.2, 0.25) is 5.91 Å². The predicted molar refractivity (Wildman–Crippen MR) is 108 cm³/mol. The molecule has 1 unspecified atom stereocenters. The summed E-state index contributed by atoms with van der Waals surface area (Å²) in [4.78, 5) is 27.4. The Balaban J connectivity index is 1.55. The zero-order valence-corrected chi connectivity index (χ0v) is 15.7. The summed E-state index contributed by atoms with van der Waals surface area (Å²) in [5.41, 5.74) is 2.43. The third-order valence-electron chi connectivity index (χ3n) is 5.97. The van der Waals surface area contributed by atoms with Gasteiger partial charge in [-0.2, -0.15) is 0 Å². The number of carboxylic acid groups (broad SMARTS) is 1. The van der Waals surface area contributed by atoms with Crippen LogP contribution in [0.1, 0.15) is 42.7 Å². The lowest BCUT2D eigenvalue weighted by molar-refractivity contribution is -0.157. The summed E-state index contributed by atoms with van der Waals surface area (Å²) in [5.74, 6) is -1.06. The molecule has 5 nitrogen and oxygen atoms in total. The first kappa shape index (κ1) is 18.3. The SMILES string of the molecule is O=C(CC1(C(=O)O)CCC1)NCC(c1ccccc1)c1c[nH]c2ccccc12. The standard InChI is InChI=1S/C23H24N2O3/c26-21(13-23(22(27)28)11-6-12-23)25-14-18(16-7-2-1-3-8-16)19-15-24-20-10-5-4-9-17(19)20/h1-5,7-10,15,18,24H,6,11-14H2,(H,25,26)(H,27,28). The van der Waals surface area contributed by atoms with Crippen LogP contribution in [0.25, 0.3) is 10.9 Å². The van der Waals surface area contributed by atoms with Crippen molar-refractivity contribution in [3.63, 3.8) is 0 Å². The molecule has 144 valence electrons. The number of fused-ring (bicyclic) bond motifs is 1. The number of H-pyrrole nitrogens is 1. The third kappa shape index (κ3) is 3.40. The molecule has 1 saturated carbocycles. The maximum absolute atomic E-state index is 12.5.